The Bertz CT molecular complexity index is 992. The van der Waals surface area contributed by atoms with E-state index >= 15 is 0 Å². The number of carbonyl (C=O) groups excluding carboxylic acids is 1. The molecule has 0 radical (unpaired) electrons. The molecule has 2 heterocycles. The Hall–Kier alpha value is -2.60. The molecule has 32 heavy (non-hydrogen) atoms. The number of fused-ring (bicyclic) bond motifs is 1. The second-order valence-corrected chi connectivity index (χ2v) is 8.83. The Balaban J connectivity index is 1.67. The van der Waals surface area contributed by atoms with Crippen LogP contribution in [0.3, 0.4) is 0 Å². The van der Waals surface area contributed by atoms with E-state index in [1.165, 1.54) is 18.4 Å². The molecule has 1 aromatic carbocycles. The van der Waals surface area contributed by atoms with Gasteiger partial charge < -0.3 is 19.5 Å². The second kappa shape index (κ2) is 10.8. The maximum Gasteiger partial charge on any atom is 0.263 e. The van der Waals surface area contributed by atoms with Crippen LogP contribution in [-0.2, 0) is 24.1 Å². The minimum absolute atomic E-state index is 0.154. The summed E-state index contributed by atoms with van der Waals surface area (Å²) in [5.74, 6) is -0.314. The summed E-state index contributed by atoms with van der Waals surface area (Å²) in [6.07, 6.45) is 8.46. The molecule has 4 rings (SSSR count). The van der Waals surface area contributed by atoms with Gasteiger partial charge in [0.15, 0.2) is 0 Å². The summed E-state index contributed by atoms with van der Waals surface area (Å²) in [5, 5.41) is 3.05. The fourth-order valence-electron chi connectivity index (χ4n) is 4.80. The van der Waals surface area contributed by atoms with Crippen LogP contribution in [0.4, 0.5) is 11.4 Å². The molecule has 6 heteroatoms. The summed E-state index contributed by atoms with van der Waals surface area (Å²) < 4.78 is 7.37. The van der Waals surface area contributed by atoms with E-state index in [1.54, 1.807) is 0 Å². The molecule has 0 spiro atoms. The predicted octanol–water partition coefficient (Wildman–Crippen LogP) is 4.40. The summed E-state index contributed by atoms with van der Waals surface area (Å²) in [6.45, 7) is 5.74. The van der Waals surface area contributed by atoms with Gasteiger partial charge >= 0.3 is 0 Å². The molecule has 0 saturated carbocycles. The number of para-hydroxylation sites is 2. The lowest BCUT2D eigenvalue weighted by atomic mass is 9.95. The van der Waals surface area contributed by atoms with E-state index in [4.69, 9.17) is 4.74 Å². The maximum atomic E-state index is 13.4. The first-order valence-electron chi connectivity index (χ1n) is 12.2. The van der Waals surface area contributed by atoms with Crippen LogP contribution in [0.15, 0.2) is 35.1 Å². The smallest absolute Gasteiger partial charge is 0.263 e. The molecule has 1 aliphatic carbocycles. The largest absolute Gasteiger partial charge is 0.378 e. The highest BCUT2D eigenvalue weighted by atomic mass is 16.5. The van der Waals surface area contributed by atoms with Gasteiger partial charge in [0.2, 0.25) is 0 Å². The molecule has 1 fully saturated rings. The normalized spacial score (nSPS) is 16.7. The van der Waals surface area contributed by atoms with E-state index in [1.807, 2.05) is 34.9 Å². The van der Waals surface area contributed by atoms with Gasteiger partial charge in [0.1, 0.15) is 5.56 Å². The Labute approximate surface area is 190 Å². The summed E-state index contributed by atoms with van der Waals surface area (Å²) in [5.41, 5.74) is 4.14. The van der Waals surface area contributed by atoms with Crippen molar-refractivity contribution in [2.75, 3.05) is 36.5 Å². The molecule has 0 atom stereocenters. The van der Waals surface area contributed by atoms with Crippen LogP contribution in [0.2, 0.25) is 0 Å². The highest BCUT2D eigenvalue weighted by molar-refractivity contribution is 6.05. The molecule has 1 N–H and O–H groups in total. The van der Waals surface area contributed by atoms with Crippen molar-refractivity contribution >= 4 is 17.3 Å². The molecule has 2 aliphatic rings. The van der Waals surface area contributed by atoms with Crippen LogP contribution in [0.1, 0.15) is 67.1 Å². The highest BCUT2D eigenvalue weighted by Crippen LogP contribution is 2.27. The number of hydrogen-bond acceptors (Lipinski definition) is 4. The summed E-state index contributed by atoms with van der Waals surface area (Å²) in [6, 6.07) is 9.69. The van der Waals surface area contributed by atoms with Gasteiger partial charge in [0.05, 0.1) is 24.6 Å². The fourth-order valence-corrected chi connectivity index (χ4v) is 4.80. The Kier molecular flexibility index (Phi) is 7.63. The number of hydrogen-bond donors (Lipinski definition) is 1. The number of nitrogens with zero attached hydrogens (tertiary/aromatic N) is 2. The number of amides is 1. The van der Waals surface area contributed by atoms with Gasteiger partial charge in [-0.15, -0.1) is 0 Å². The van der Waals surface area contributed by atoms with Gasteiger partial charge in [-0.1, -0.05) is 38.3 Å². The number of benzene rings is 1. The fraction of sp³-hybridized carbons (Fsp3) is 0.538. The lowest BCUT2D eigenvalue weighted by Crippen LogP contribution is -2.37. The van der Waals surface area contributed by atoms with Gasteiger partial charge in [-0.3, -0.25) is 9.59 Å². The number of pyridine rings is 1. The lowest BCUT2D eigenvalue weighted by Gasteiger charge is -2.30. The zero-order chi connectivity index (χ0) is 22.3. The number of rotatable bonds is 6. The minimum atomic E-state index is -0.314. The van der Waals surface area contributed by atoms with Crippen molar-refractivity contribution in [2.45, 2.75) is 64.8 Å². The number of nitrogens with one attached hydrogen (secondary N) is 1. The standard InChI is InChI=1S/C26H35N3O3/c1-2-3-14-29-23-12-7-5-4-6-10-20(23)19-21(26(29)31)25(30)27-22-11-8-9-13-24(22)28-15-17-32-18-16-28/h8-9,11,13,19H,2-7,10,12,14-18H2,1H3,(H,27,30). The van der Waals surface area contributed by atoms with Crippen LogP contribution >= 0.6 is 0 Å². The summed E-state index contributed by atoms with van der Waals surface area (Å²) in [4.78, 5) is 29.0. The molecule has 1 aromatic heterocycles. The number of morpholine rings is 1. The van der Waals surface area contributed by atoms with Gasteiger partial charge in [0.25, 0.3) is 11.5 Å². The van der Waals surface area contributed by atoms with Crippen molar-refractivity contribution in [3.8, 4) is 0 Å². The first-order valence-corrected chi connectivity index (χ1v) is 12.2. The van der Waals surface area contributed by atoms with Crippen molar-refractivity contribution in [1.29, 1.82) is 0 Å². The van der Waals surface area contributed by atoms with Crippen molar-refractivity contribution in [3.05, 3.63) is 57.5 Å². The number of carbonyl (C=O) groups is 1. The Morgan fingerprint density at radius 2 is 1.81 bits per heavy atom. The van der Waals surface area contributed by atoms with Crippen LogP contribution in [0, 0.1) is 0 Å². The van der Waals surface area contributed by atoms with Crippen LogP contribution < -0.4 is 15.8 Å². The maximum absolute atomic E-state index is 13.4. The average Bonchev–Trinajstić information content (AvgIpc) is 2.80. The number of ether oxygens (including phenoxy) is 1. The van der Waals surface area contributed by atoms with Crippen LogP contribution in [0.5, 0.6) is 0 Å². The number of aromatic nitrogens is 1. The molecule has 6 nitrogen and oxygen atoms in total. The Morgan fingerprint density at radius 1 is 1.06 bits per heavy atom. The van der Waals surface area contributed by atoms with E-state index in [0.29, 0.717) is 19.8 Å². The first-order chi connectivity index (χ1) is 15.7. The molecular weight excluding hydrogens is 402 g/mol. The molecule has 0 bridgehead atoms. The van der Waals surface area contributed by atoms with Gasteiger partial charge in [-0.2, -0.15) is 0 Å². The molecule has 172 valence electrons. The van der Waals surface area contributed by atoms with Gasteiger partial charge in [0, 0.05) is 25.3 Å². The average molecular weight is 438 g/mol. The van der Waals surface area contributed by atoms with E-state index in [2.05, 4.69) is 17.1 Å². The third-order valence-corrected chi connectivity index (χ3v) is 6.58. The Morgan fingerprint density at radius 3 is 2.59 bits per heavy atom. The first kappa shape index (κ1) is 22.6. The number of unbranched alkanes of at least 4 members (excludes halogenated alkanes) is 1. The summed E-state index contributed by atoms with van der Waals surface area (Å²) in [7, 11) is 0. The topological polar surface area (TPSA) is 63.6 Å². The van der Waals surface area contributed by atoms with E-state index in [0.717, 1.165) is 68.7 Å². The SMILES string of the molecule is CCCCn1c2c(cc(C(=O)Nc3ccccc3N3CCOCC3)c1=O)CCCCCC2. The van der Waals surface area contributed by atoms with Crippen molar-refractivity contribution in [3.63, 3.8) is 0 Å². The second-order valence-electron chi connectivity index (χ2n) is 8.83. The van der Waals surface area contributed by atoms with Crippen molar-refractivity contribution in [2.24, 2.45) is 0 Å². The predicted molar refractivity (Wildman–Crippen MR) is 129 cm³/mol. The molecule has 1 aliphatic heterocycles. The molecular formula is C26H35N3O3. The zero-order valence-corrected chi connectivity index (χ0v) is 19.2. The molecule has 1 saturated heterocycles. The summed E-state index contributed by atoms with van der Waals surface area (Å²) >= 11 is 0. The third-order valence-electron chi connectivity index (χ3n) is 6.58. The van der Waals surface area contributed by atoms with E-state index < -0.39 is 0 Å². The highest BCUT2D eigenvalue weighted by Gasteiger charge is 2.22. The molecule has 1 amide bonds. The quantitative estimate of drug-likeness (QED) is 0.728. The number of anilines is 2. The van der Waals surface area contributed by atoms with Gasteiger partial charge in [-0.25, -0.2) is 0 Å². The number of aryl methyl sites for hydroxylation is 1. The van der Waals surface area contributed by atoms with E-state index in [-0.39, 0.29) is 17.0 Å². The van der Waals surface area contributed by atoms with Crippen LogP contribution in [-0.4, -0.2) is 36.8 Å². The minimum Gasteiger partial charge on any atom is -0.378 e. The van der Waals surface area contributed by atoms with Crippen LogP contribution in [0.25, 0.3) is 0 Å². The lowest BCUT2D eigenvalue weighted by molar-refractivity contribution is 0.102. The monoisotopic (exact) mass is 437 g/mol. The van der Waals surface area contributed by atoms with E-state index in [9.17, 15) is 9.59 Å². The van der Waals surface area contributed by atoms with Gasteiger partial charge in [-0.05, 0) is 55.9 Å². The molecule has 2 aromatic rings. The third kappa shape index (κ3) is 5.07. The zero-order valence-electron chi connectivity index (χ0n) is 19.2. The molecule has 0 unspecified atom stereocenters. The van der Waals surface area contributed by atoms with Crippen molar-refractivity contribution < 1.29 is 9.53 Å². The van der Waals surface area contributed by atoms with Crippen molar-refractivity contribution in [1.82, 2.24) is 4.57 Å².